The highest BCUT2D eigenvalue weighted by Gasteiger charge is 2.10. The summed E-state index contributed by atoms with van der Waals surface area (Å²) in [4.78, 5) is 22.1. The molecule has 1 atom stereocenters. The van der Waals surface area contributed by atoms with E-state index in [-0.39, 0.29) is 11.9 Å². The lowest BCUT2D eigenvalue weighted by Crippen LogP contribution is -2.34. The largest absolute Gasteiger partial charge is 0.466 e. The van der Waals surface area contributed by atoms with Crippen LogP contribution in [-0.2, 0) is 19.1 Å². The van der Waals surface area contributed by atoms with E-state index >= 15 is 0 Å². The topological polar surface area (TPSA) is 64.6 Å². The molecule has 1 unspecified atom stereocenters. The predicted molar refractivity (Wildman–Crippen MR) is 55.3 cm³/mol. The van der Waals surface area contributed by atoms with Crippen LogP contribution in [-0.4, -0.2) is 38.2 Å². The second-order valence-electron chi connectivity index (χ2n) is 3.08. The summed E-state index contributed by atoms with van der Waals surface area (Å²) in [7, 11) is 1.48. The average molecular weight is 217 g/mol. The summed E-state index contributed by atoms with van der Waals surface area (Å²) in [6.07, 6.45) is 0.462. The summed E-state index contributed by atoms with van der Waals surface area (Å²) >= 11 is 0. The summed E-state index contributed by atoms with van der Waals surface area (Å²) in [5, 5.41) is 2.66. The molecule has 0 aromatic heterocycles. The Hall–Kier alpha value is -1.10. The summed E-state index contributed by atoms with van der Waals surface area (Å²) in [6.45, 7) is 4.29. The maximum atomic E-state index is 11.2. The Bertz CT molecular complexity index is 206. The monoisotopic (exact) mass is 217 g/mol. The molecule has 0 spiro atoms. The van der Waals surface area contributed by atoms with Gasteiger partial charge in [0, 0.05) is 20.1 Å². The molecule has 88 valence electrons. The molecule has 0 aromatic carbocycles. The number of nitrogens with one attached hydrogen (secondary N) is 1. The van der Waals surface area contributed by atoms with E-state index in [0.717, 1.165) is 0 Å². The van der Waals surface area contributed by atoms with Gasteiger partial charge in [-0.3, -0.25) is 9.59 Å². The molecule has 1 amide bonds. The molecule has 0 aliphatic carbocycles. The number of rotatable bonds is 7. The minimum Gasteiger partial charge on any atom is -0.466 e. The van der Waals surface area contributed by atoms with Crippen LogP contribution in [0.25, 0.3) is 0 Å². The predicted octanol–water partition coefficient (Wildman–Crippen LogP) is 0.481. The van der Waals surface area contributed by atoms with Gasteiger partial charge in [0.2, 0.25) is 5.91 Å². The van der Waals surface area contributed by atoms with E-state index < -0.39 is 6.10 Å². The Morgan fingerprint density at radius 1 is 1.40 bits per heavy atom. The van der Waals surface area contributed by atoms with E-state index in [0.29, 0.717) is 26.0 Å². The van der Waals surface area contributed by atoms with Gasteiger partial charge in [-0.2, -0.15) is 0 Å². The molecule has 0 heterocycles. The lowest BCUT2D eigenvalue weighted by molar-refractivity contribution is -0.143. The van der Waals surface area contributed by atoms with Crippen molar-refractivity contribution >= 4 is 11.9 Å². The second kappa shape index (κ2) is 8.23. The van der Waals surface area contributed by atoms with Crippen molar-refractivity contribution in [1.82, 2.24) is 5.32 Å². The van der Waals surface area contributed by atoms with Gasteiger partial charge in [0.05, 0.1) is 6.61 Å². The molecule has 0 saturated heterocycles. The maximum absolute atomic E-state index is 11.2. The standard InChI is InChI=1S/C10H19NO4/c1-4-15-9(12)6-5-7-11-10(13)8(2)14-3/h8H,4-7H2,1-3H3,(H,11,13). The van der Waals surface area contributed by atoms with Crippen molar-refractivity contribution in [2.45, 2.75) is 32.8 Å². The molecule has 5 heteroatoms. The van der Waals surface area contributed by atoms with Gasteiger partial charge in [0.15, 0.2) is 0 Å². The third kappa shape index (κ3) is 6.90. The highest BCUT2D eigenvalue weighted by molar-refractivity contribution is 5.80. The van der Waals surface area contributed by atoms with E-state index in [1.165, 1.54) is 7.11 Å². The molecule has 5 nitrogen and oxygen atoms in total. The number of carbonyl (C=O) groups excluding carboxylic acids is 2. The van der Waals surface area contributed by atoms with Crippen LogP contribution < -0.4 is 5.32 Å². The zero-order valence-electron chi connectivity index (χ0n) is 9.54. The normalized spacial score (nSPS) is 11.9. The number of hydrogen-bond acceptors (Lipinski definition) is 4. The number of methoxy groups -OCH3 is 1. The van der Waals surface area contributed by atoms with Gasteiger partial charge in [0.1, 0.15) is 6.10 Å². The number of carbonyl (C=O) groups is 2. The smallest absolute Gasteiger partial charge is 0.305 e. The first-order valence-corrected chi connectivity index (χ1v) is 5.08. The molecular formula is C10H19NO4. The van der Waals surface area contributed by atoms with Crippen molar-refractivity contribution in [3.63, 3.8) is 0 Å². The molecule has 0 aliphatic rings. The van der Waals surface area contributed by atoms with Crippen molar-refractivity contribution in [3.05, 3.63) is 0 Å². The fourth-order valence-corrected chi connectivity index (χ4v) is 0.928. The minimum atomic E-state index is -0.451. The van der Waals surface area contributed by atoms with Crippen LogP contribution in [0.5, 0.6) is 0 Å². The molecule has 0 bridgehead atoms. The third-order valence-corrected chi connectivity index (χ3v) is 1.89. The number of esters is 1. The van der Waals surface area contributed by atoms with Crippen LogP contribution in [0.2, 0.25) is 0 Å². The Morgan fingerprint density at radius 3 is 2.60 bits per heavy atom. The summed E-state index contributed by atoms with van der Waals surface area (Å²) in [5.41, 5.74) is 0. The number of amides is 1. The van der Waals surface area contributed by atoms with E-state index in [1.807, 2.05) is 0 Å². The first kappa shape index (κ1) is 13.9. The molecule has 15 heavy (non-hydrogen) atoms. The van der Waals surface area contributed by atoms with Crippen molar-refractivity contribution in [2.24, 2.45) is 0 Å². The van der Waals surface area contributed by atoms with Crippen LogP contribution in [0.1, 0.15) is 26.7 Å². The minimum absolute atomic E-state index is 0.165. The molecule has 0 fully saturated rings. The van der Waals surface area contributed by atoms with Crippen LogP contribution in [0, 0.1) is 0 Å². The Labute approximate surface area is 90.1 Å². The Balaban J connectivity index is 3.46. The highest BCUT2D eigenvalue weighted by Crippen LogP contribution is 1.92. The number of hydrogen-bond donors (Lipinski definition) is 1. The fraction of sp³-hybridized carbons (Fsp3) is 0.800. The van der Waals surface area contributed by atoms with Gasteiger partial charge < -0.3 is 14.8 Å². The summed E-state index contributed by atoms with van der Waals surface area (Å²) < 4.78 is 9.57. The molecule has 0 saturated carbocycles. The summed E-state index contributed by atoms with van der Waals surface area (Å²) in [6, 6.07) is 0. The fourth-order valence-electron chi connectivity index (χ4n) is 0.928. The third-order valence-electron chi connectivity index (χ3n) is 1.89. The van der Waals surface area contributed by atoms with Gasteiger partial charge in [0.25, 0.3) is 0 Å². The van der Waals surface area contributed by atoms with Gasteiger partial charge in [-0.25, -0.2) is 0 Å². The van der Waals surface area contributed by atoms with Crippen LogP contribution in [0.15, 0.2) is 0 Å². The van der Waals surface area contributed by atoms with Crippen molar-refractivity contribution in [3.8, 4) is 0 Å². The molecule has 0 aliphatic heterocycles. The van der Waals surface area contributed by atoms with Gasteiger partial charge in [-0.1, -0.05) is 0 Å². The Morgan fingerprint density at radius 2 is 2.07 bits per heavy atom. The molecule has 1 N–H and O–H groups in total. The van der Waals surface area contributed by atoms with Crippen LogP contribution in [0.3, 0.4) is 0 Å². The lowest BCUT2D eigenvalue weighted by atomic mass is 10.3. The first-order valence-electron chi connectivity index (χ1n) is 5.08. The van der Waals surface area contributed by atoms with Gasteiger partial charge >= 0.3 is 5.97 Å². The molecule has 0 radical (unpaired) electrons. The zero-order chi connectivity index (χ0) is 11.7. The van der Waals surface area contributed by atoms with E-state index in [9.17, 15) is 9.59 Å². The Kier molecular flexibility index (Phi) is 7.62. The van der Waals surface area contributed by atoms with Crippen molar-refractivity contribution < 1.29 is 19.1 Å². The SMILES string of the molecule is CCOC(=O)CCCNC(=O)C(C)OC. The van der Waals surface area contributed by atoms with Crippen LogP contribution >= 0.6 is 0 Å². The second-order valence-corrected chi connectivity index (χ2v) is 3.08. The van der Waals surface area contributed by atoms with Crippen LogP contribution in [0.4, 0.5) is 0 Å². The molecule has 0 aromatic rings. The quantitative estimate of drug-likeness (QED) is 0.497. The molecule has 0 rings (SSSR count). The van der Waals surface area contributed by atoms with E-state index in [4.69, 9.17) is 9.47 Å². The van der Waals surface area contributed by atoms with Crippen molar-refractivity contribution in [1.29, 1.82) is 0 Å². The summed E-state index contributed by atoms with van der Waals surface area (Å²) in [5.74, 6) is -0.395. The molecular weight excluding hydrogens is 198 g/mol. The highest BCUT2D eigenvalue weighted by atomic mass is 16.5. The number of ether oxygens (including phenoxy) is 2. The van der Waals surface area contributed by atoms with E-state index in [2.05, 4.69) is 5.32 Å². The average Bonchev–Trinajstić information content (AvgIpc) is 2.23. The van der Waals surface area contributed by atoms with E-state index in [1.54, 1.807) is 13.8 Å². The van der Waals surface area contributed by atoms with Gasteiger partial charge in [-0.05, 0) is 20.3 Å². The maximum Gasteiger partial charge on any atom is 0.305 e. The van der Waals surface area contributed by atoms with Crippen molar-refractivity contribution in [2.75, 3.05) is 20.3 Å². The zero-order valence-corrected chi connectivity index (χ0v) is 9.54. The lowest BCUT2D eigenvalue weighted by Gasteiger charge is -2.09. The first-order chi connectivity index (χ1) is 7.11. The van der Waals surface area contributed by atoms with Gasteiger partial charge in [-0.15, -0.1) is 0 Å².